The Morgan fingerprint density at radius 2 is 0.912 bits per heavy atom. The van der Waals surface area contributed by atoms with Crippen LogP contribution in [0.4, 0.5) is 0 Å². The molecular formula is C33H24O. The van der Waals surface area contributed by atoms with Gasteiger partial charge in [-0.05, 0) is 49.9 Å². The van der Waals surface area contributed by atoms with Gasteiger partial charge in [0, 0.05) is 5.56 Å². The highest BCUT2D eigenvalue weighted by atomic mass is 16.3. The number of hydrogen-bond acceptors (Lipinski definition) is 1. The molecule has 0 saturated carbocycles. The minimum absolute atomic E-state index is 0.846. The largest absolute Gasteiger partial charge is 0.376 e. The molecule has 162 valence electrons. The van der Waals surface area contributed by atoms with Crippen LogP contribution in [0, 0.1) is 0 Å². The fraction of sp³-hybridized carbons (Fsp3) is 0.0303. The normalized spacial score (nSPS) is 11.7. The lowest BCUT2D eigenvalue weighted by atomic mass is 9.76. The van der Waals surface area contributed by atoms with E-state index in [0.717, 1.165) is 27.8 Å². The lowest BCUT2D eigenvalue weighted by Crippen LogP contribution is -2.29. The topological polar surface area (TPSA) is 20.2 Å². The number of aliphatic hydroxyl groups is 1. The zero-order chi connectivity index (χ0) is 23.0. The number of fused-ring (bicyclic) bond motifs is 3. The van der Waals surface area contributed by atoms with E-state index >= 15 is 0 Å². The Morgan fingerprint density at radius 3 is 1.59 bits per heavy atom. The van der Waals surface area contributed by atoms with E-state index in [9.17, 15) is 5.11 Å². The van der Waals surface area contributed by atoms with Crippen LogP contribution in [0.1, 0.15) is 16.7 Å². The van der Waals surface area contributed by atoms with Gasteiger partial charge in [0.1, 0.15) is 5.60 Å². The number of benzene rings is 6. The van der Waals surface area contributed by atoms with Gasteiger partial charge in [-0.1, -0.05) is 133 Å². The second kappa shape index (κ2) is 8.30. The van der Waals surface area contributed by atoms with Crippen molar-refractivity contribution in [2.75, 3.05) is 0 Å². The lowest BCUT2D eigenvalue weighted by Gasteiger charge is -2.32. The van der Waals surface area contributed by atoms with Crippen molar-refractivity contribution in [3.63, 3.8) is 0 Å². The van der Waals surface area contributed by atoms with Crippen molar-refractivity contribution in [2.24, 2.45) is 0 Å². The Kier molecular flexibility index (Phi) is 4.98. The molecule has 0 spiro atoms. The standard InChI is InChI=1S/C33H24O/c34-33(25-14-3-1-4-15-25,26-16-5-2-6-17-26)32-22-12-11-21-30(32)31-23-24-13-7-8-18-27(24)28-19-9-10-20-29(28)31/h1-23,34H. The van der Waals surface area contributed by atoms with Gasteiger partial charge >= 0.3 is 0 Å². The highest BCUT2D eigenvalue weighted by Crippen LogP contribution is 2.44. The molecule has 0 radical (unpaired) electrons. The maximum absolute atomic E-state index is 12.6. The van der Waals surface area contributed by atoms with E-state index in [1.54, 1.807) is 0 Å². The Balaban J connectivity index is 1.71. The van der Waals surface area contributed by atoms with E-state index < -0.39 is 5.60 Å². The summed E-state index contributed by atoms with van der Waals surface area (Å²) in [7, 11) is 0. The first kappa shape index (κ1) is 20.4. The van der Waals surface area contributed by atoms with Crippen molar-refractivity contribution in [1.82, 2.24) is 0 Å². The van der Waals surface area contributed by atoms with Crippen LogP contribution < -0.4 is 0 Å². The Hall–Kier alpha value is -4.20. The van der Waals surface area contributed by atoms with Crippen LogP contribution in [0.5, 0.6) is 0 Å². The van der Waals surface area contributed by atoms with Crippen LogP contribution in [0.15, 0.2) is 140 Å². The summed E-state index contributed by atoms with van der Waals surface area (Å²) >= 11 is 0. The first-order valence-corrected chi connectivity index (χ1v) is 11.6. The van der Waals surface area contributed by atoms with Crippen molar-refractivity contribution in [1.29, 1.82) is 0 Å². The van der Waals surface area contributed by atoms with Gasteiger partial charge in [-0.2, -0.15) is 0 Å². The summed E-state index contributed by atoms with van der Waals surface area (Å²) in [5, 5.41) is 17.4. The van der Waals surface area contributed by atoms with Crippen LogP contribution in [-0.4, -0.2) is 5.11 Å². The average molecular weight is 437 g/mol. The molecule has 34 heavy (non-hydrogen) atoms. The molecule has 0 aromatic heterocycles. The molecule has 0 aliphatic heterocycles. The van der Waals surface area contributed by atoms with E-state index in [-0.39, 0.29) is 0 Å². The molecule has 1 heteroatoms. The van der Waals surface area contributed by atoms with Gasteiger partial charge < -0.3 is 5.11 Å². The van der Waals surface area contributed by atoms with Gasteiger partial charge in [-0.3, -0.25) is 0 Å². The molecule has 0 amide bonds. The molecule has 6 aromatic carbocycles. The molecule has 0 saturated heterocycles. The van der Waals surface area contributed by atoms with Crippen LogP contribution in [-0.2, 0) is 5.60 Å². The second-order valence-corrected chi connectivity index (χ2v) is 8.68. The van der Waals surface area contributed by atoms with Gasteiger partial charge in [-0.15, -0.1) is 0 Å². The van der Waals surface area contributed by atoms with E-state index in [1.807, 2.05) is 66.7 Å². The molecule has 0 bridgehead atoms. The minimum atomic E-state index is -1.30. The van der Waals surface area contributed by atoms with Gasteiger partial charge in [0.05, 0.1) is 0 Å². The monoisotopic (exact) mass is 436 g/mol. The van der Waals surface area contributed by atoms with Crippen molar-refractivity contribution in [2.45, 2.75) is 5.60 Å². The number of rotatable bonds is 4. The zero-order valence-corrected chi connectivity index (χ0v) is 18.7. The highest BCUT2D eigenvalue weighted by molar-refractivity contribution is 6.14. The predicted octanol–water partition coefficient (Wildman–Crippen LogP) is 7.94. The van der Waals surface area contributed by atoms with E-state index in [2.05, 4.69) is 72.8 Å². The number of hydrogen-bond donors (Lipinski definition) is 1. The molecule has 6 rings (SSSR count). The van der Waals surface area contributed by atoms with Crippen molar-refractivity contribution in [3.05, 3.63) is 156 Å². The third-order valence-electron chi connectivity index (χ3n) is 6.76. The first-order chi connectivity index (χ1) is 16.8. The summed E-state index contributed by atoms with van der Waals surface area (Å²) in [5.74, 6) is 0. The second-order valence-electron chi connectivity index (χ2n) is 8.68. The molecule has 0 fully saturated rings. The van der Waals surface area contributed by atoms with Crippen LogP contribution >= 0.6 is 0 Å². The molecule has 1 N–H and O–H groups in total. The zero-order valence-electron chi connectivity index (χ0n) is 18.7. The SMILES string of the molecule is OC(c1ccccc1)(c1ccccc1)c1ccccc1-c1cc2ccccc2c2ccccc12. The summed E-state index contributed by atoms with van der Waals surface area (Å²) in [6.07, 6.45) is 0. The molecule has 0 aliphatic carbocycles. The van der Waals surface area contributed by atoms with Crippen LogP contribution in [0.3, 0.4) is 0 Å². The first-order valence-electron chi connectivity index (χ1n) is 11.6. The molecule has 0 atom stereocenters. The predicted molar refractivity (Wildman–Crippen MR) is 142 cm³/mol. The van der Waals surface area contributed by atoms with E-state index in [0.29, 0.717) is 0 Å². The summed E-state index contributed by atoms with van der Waals surface area (Å²) in [5.41, 5.74) is 3.41. The fourth-order valence-electron chi connectivity index (χ4n) is 5.15. The Labute approximate surface area is 199 Å². The van der Waals surface area contributed by atoms with Crippen molar-refractivity contribution < 1.29 is 5.11 Å². The van der Waals surface area contributed by atoms with Crippen molar-refractivity contribution >= 4 is 21.5 Å². The minimum Gasteiger partial charge on any atom is -0.376 e. The fourth-order valence-corrected chi connectivity index (χ4v) is 5.15. The van der Waals surface area contributed by atoms with Gasteiger partial charge in [0.25, 0.3) is 0 Å². The van der Waals surface area contributed by atoms with E-state index in [1.165, 1.54) is 21.5 Å². The summed E-state index contributed by atoms with van der Waals surface area (Å²) in [6, 6.07) is 47.5. The summed E-state index contributed by atoms with van der Waals surface area (Å²) in [4.78, 5) is 0. The lowest BCUT2D eigenvalue weighted by molar-refractivity contribution is 0.126. The molecule has 1 nitrogen and oxygen atoms in total. The third kappa shape index (κ3) is 3.22. The van der Waals surface area contributed by atoms with Crippen LogP contribution in [0.2, 0.25) is 0 Å². The van der Waals surface area contributed by atoms with Gasteiger partial charge in [0.2, 0.25) is 0 Å². The molecule has 0 unspecified atom stereocenters. The smallest absolute Gasteiger partial charge is 0.141 e. The molecule has 0 aliphatic rings. The molecular weight excluding hydrogens is 412 g/mol. The van der Waals surface area contributed by atoms with Crippen molar-refractivity contribution in [3.8, 4) is 11.1 Å². The third-order valence-corrected chi connectivity index (χ3v) is 6.76. The average Bonchev–Trinajstić information content (AvgIpc) is 2.93. The van der Waals surface area contributed by atoms with Crippen LogP contribution in [0.25, 0.3) is 32.7 Å². The van der Waals surface area contributed by atoms with Gasteiger partial charge in [-0.25, -0.2) is 0 Å². The van der Waals surface area contributed by atoms with E-state index in [4.69, 9.17) is 0 Å². The quantitative estimate of drug-likeness (QED) is 0.220. The van der Waals surface area contributed by atoms with Gasteiger partial charge in [0.15, 0.2) is 0 Å². The summed E-state index contributed by atoms with van der Waals surface area (Å²) in [6.45, 7) is 0. The Morgan fingerprint density at radius 1 is 0.412 bits per heavy atom. The summed E-state index contributed by atoms with van der Waals surface area (Å²) < 4.78 is 0. The maximum Gasteiger partial charge on any atom is 0.141 e. The maximum atomic E-state index is 12.6. The Bertz CT molecular complexity index is 1560. The molecule has 6 aromatic rings. The highest BCUT2D eigenvalue weighted by Gasteiger charge is 2.36. The molecule has 0 heterocycles.